The summed E-state index contributed by atoms with van der Waals surface area (Å²) in [5.41, 5.74) is 0. The molecule has 2 amide bonds. The lowest BCUT2D eigenvalue weighted by Gasteiger charge is -2.19. The van der Waals surface area contributed by atoms with Crippen LogP contribution in [-0.4, -0.2) is 43.0 Å². The molecule has 5 nitrogen and oxygen atoms in total. The Morgan fingerprint density at radius 2 is 2.06 bits per heavy atom. The number of urea groups is 1. The Kier molecular flexibility index (Phi) is 6.43. The second kappa shape index (κ2) is 7.59. The van der Waals surface area contributed by atoms with Gasteiger partial charge >= 0.3 is 6.03 Å². The number of hydrogen-bond donors (Lipinski definition) is 3. The Bertz CT molecular complexity index is 255. The highest BCUT2D eigenvalue weighted by molar-refractivity contribution is 5.74. The van der Waals surface area contributed by atoms with Crippen molar-refractivity contribution < 1.29 is 14.6 Å². The van der Waals surface area contributed by atoms with Gasteiger partial charge in [-0.15, -0.1) is 0 Å². The number of ether oxygens (including phenoxy) is 1. The largest absolute Gasteiger partial charge is 0.389 e. The van der Waals surface area contributed by atoms with Gasteiger partial charge in [-0.05, 0) is 31.6 Å². The maximum atomic E-state index is 11.5. The lowest BCUT2D eigenvalue weighted by Crippen LogP contribution is -2.45. The molecule has 1 aliphatic rings. The van der Waals surface area contributed by atoms with Crippen LogP contribution in [0.4, 0.5) is 4.79 Å². The average Bonchev–Trinajstić information content (AvgIpc) is 3.10. The van der Waals surface area contributed by atoms with Crippen LogP contribution in [0.2, 0.25) is 0 Å². The van der Waals surface area contributed by atoms with Gasteiger partial charge in [-0.2, -0.15) is 0 Å². The van der Waals surface area contributed by atoms with Crippen molar-refractivity contribution in [3.05, 3.63) is 0 Å². The molecule has 0 saturated heterocycles. The Morgan fingerprint density at radius 3 is 2.61 bits per heavy atom. The molecule has 1 rings (SSSR count). The molecule has 0 bridgehead atoms. The van der Waals surface area contributed by atoms with E-state index in [4.69, 9.17) is 4.74 Å². The van der Waals surface area contributed by atoms with Gasteiger partial charge in [-0.3, -0.25) is 0 Å². The number of carbonyl (C=O) groups is 1. The van der Waals surface area contributed by atoms with Crippen LogP contribution >= 0.6 is 0 Å². The smallest absolute Gasteiger partial charge is 0.315 e. The van der Waals surface area contributed by atoms with Crippen LogP contribution in [0.5, 0.6) is 0 Å². The highest BCUT2D eigenvalue weighted by Gasteiger charge is 2.21. The summed E-state index contributed by atoms with van der Waals surface area (Å²) in [6.45, 7) is 7.29. The third-order valence-corrected chi connectivity index (χ3v) is 3.22. The molecule has 0 aromatic rings. The van der Waals surface area contributed by atoms with Crippen molar-refractivity contribution in [1.29, 1.82) is 0 Å². The Hall–Kier alpha value is -0.810. The van der Waals surface area contributed by atoms with Crippen LogP contribution in [0.3, 0.4) is 0 Å². The molecule has 106 valence electrons. The summed E-state index contributed by atoms with van der Waals surface area (Å²) in [7, 11) is 0. The molecule has 2 unspecified atom stereocenters. The van der Waals surface area contributed by atoms with Crippen molar-refractivity contribution in [3.8, 4) is 0 Å². The molecule has 0 radical (unpaired) electrons. The van der Waals surface area contributed by atoms with E-state index in [-0.39, 0.29) is 25.2 Å². The minimum absolute atomic E-state index is 0.119. The van der Waals surface area contributed by atoms with Crippen molar-refractivity contribution in [1.82, 2.24) is 10.6 Å². The summed E-state index contributed by atoms with van der Waals surface area (Å²) in [5.74, 6) is 1.09. The van der Waals surface area contributed by atoms with Crippen molar-refractivity contribution in [2.75, 3.05) is 19.8 Å². The van der Waals surface area contributed by atoms with E-state index < -0.39 is 6.10 Å². The predicted octanol–water partition coefficient (Wildman–Crippen LogP) is 1.12. The second-order valence-corrected chi connectivity index (χ2v) is 5.52. The first kappa shape index (κ1) is 15.2. The van der Waals surface area contributed by atoms with E-state index in [9.17, 15) is 9.90 Å². The summed E-state index contributed by atoms with van der Waals surface area (Å²) >= 11 is 0. The topological polar surface area (TPSA) is 70.6 Å². The number of nitrogens with one attached hydrogen (secondary N) is 2. The van der Waals surface area contributed by atoms with Crippen molar-refractivity contribution in [2.24, 2.45) is 11.8 Å². The fourth-order valence-electron chi connectivity index (χ4n) is 1.35. The van der Waals surface area contributed by atoms with E-state index in [0.29, 0.717) is 11.8 Å². The highest BCUT2D eigenvalue weighted by atomic mass is 16.5. The van der Waals surface area contributed by atoms with Gasteiger partial charge in [0.1, 0.15) is 0 Å². The molecule has 0 aromatic heterocycles. The molecule has 1 saturated carbocycles. The molecule has 5 heteroatoms. The quantitative estimate of drug-likeness (QED) is 0.611. The van der Waals surface area contributed by atoms with Crippen molar-refractivity contribution in [3.63, 3.8) is 0 Å². The minimum atomic E-state index is -0.635. The van der Waals surface area contributed by atoms with Gasteiger partial charge < -0.3 is 20.5 Å². The standard InChI is InChI=1S/C13H26N2O3/c1-9(2)10(3)15-13(17)14-6-12(16)8-18-7-11-4-5-11/h9-12,16H,4-8H2,1-3H3,(H2,14,15,17). The number of hydrogen-bond acceptors (Lipinski definition) is 3. The van der Waals surface area contributed by atoms with Gasteiger partial charge in [-0.25, -0.2) is 4.79 Å². The lowest BCUT2D eigenvalue weighted by molar-refractivity contribution is 0.0337. The Morgan fingerprint density at radius 1 is 1.39 bits per heavy atom. The first-order chi connectivity index (χ1) is 8.49. The van der Waals surface area contributed by atoms with Gasteiger partial charge in [0.15, 0.2) is 0 Å². The molecular weight excluding hydrogens is 232 g/mol. The van der Waals surface area contributed by atoms with Gasteiger partial charge in [0.2, 0.25) is 0 Å². The van der Waals surface area contributed by atoms with E-state index in [1.165, 1.54) is 12.8 Å². The maximum Gasteiger partial charge on any atom is 0.315 e. The van der Waals surface area contributed by atoms with Crippen LogP contribution in [0.25, 0.3) is 0 Å². The van der Waals surface area contributed by atoms with Gasteiger partial charge in [0, 0.05) is 19.2 Å². The Labute approximate surface area is 109 Å². The van der Waals surface area contributed by atoms with Crippen LogP contribution in [0, 0.1) is 11.8 Å². The molecule has 18 heavy (non-hydrogen) atoms. The third kappa shape index (κ3) is 6.81. The van der Waals surface area contributed by atoms with Gasteiger partial charge in [0.05, 0.1) is 12.7 Å². The zero-order chi connectivity index (χ0) is 13.5. The number of aliphatic hydroxyl groups is 1. The van der Waals surface area contributed by atoms with E-state index in [2.05, 4.69) is 10.6 Å². The first-order valence-corrected chi connectivity index (χ1v) is 6.79. The predicted molar refractivity (Wildman–Crippen MR) is 70.4 cm³/mol. The minimum Gasteiger partial charge on any atom is -0.389 e. The second-order valence-electron chi connectivity index (χ2n) is 5.52. The molecule has 0 heterocycles. The summed E-state index contributed by atoms with van der Waals surface area (Å²) < 4.78 is 5.35. The fourth-order valence-corrected chi connectivity index (χ4v) is 1.35. The Balaban J connectivity index is 2.01. The van der Waals surface area contributed by atoms with E-state index in [1.807, 2.05) is 20.8 Å². The van der Waals surface area contributed by atoms with Crippen molar-refractivity contribution >= 4 is 6.03 Å². The van der Waals surface area contributed by atoms with Crippen molar-refractivity contribution in [2.45, 2.75) is 45.8 Å². The number of amides is 2. The van der Waals surface area contributed by atoms with E-state index in [1.54, 1.807) is 0 Å². The van der Waals surface area contributed by atoms with Crippen LogP contribution < -0.4 is 10.6 Å². The molecule has 0 aliphatic heterocycles. The zero-order valence-electron chi connectivity index (χ0n) is 11.6. The number of carbonyl (C=O) groups excluding carboxylic acids is 1. The molecular formula is C13H26N2O3. The number of aliphatic hydroxyl groups excluding tert-OH is 1. The molecule has 2 atom stereocenters. The van der Waals surface area contributed by atoms with Gasteiger partial charge in [0.25, 0.3) is 0 Å². The van der Waals surface area contributed by atoms with Crippen LogP contribution in [-0.2, 0) is 4.74 Å². The van der Waals surface area contributed by atoms with E-state index >= 15 is 0 Å². The van der Waals surface area contributed by atoms with Crippen LogP contribution in [0.15, 0.2) is 0 Å². The SMILES string of the molecule is CC(C)C(C)NC(=O)NCC(O)COCC1CC1. The maximum absolute atomic E-state index is 11.5. The third-order valence-electron chi connectivity index (χ3n) is 3.22. The number of rotatable bonds is 8. The fraction of sp³-hybridized carbons (Fsp3) is 0.923. The summed E-state index contributed by atoms with van der Waals surface area (Å²) in [6, 6.07) is -0.120. The average molecular weight is 258 g/mol. The summed E-state index contributed by atoms with van der Waals surface area (Å²) in [4.78, 5) is 11.5. The monoisotopic (exact) mass is 258 g/mol. The summed E-state index contributed by atoms with van der Waals surface area (Å²) in [6.07, 6.45) is 1.84. The molecule has 0 aromatic carbocycles. The van der Waals surface area contributed by atoms with Gasteiger partial charge in [-0.1, -0.05) is 13.8 Å². The normalized spacial score (nSPS) is 18.5. The highest BCUT2D eigenvalue weighted by Crippen LogP contribution is 2.28. The zero-order valence-corrected chi connectivity index (χ0v) is 11.6. The lowest BCUT2D eigenvalue weighted by atomic mass is 10.1. The molecule has 0 spiro atoms. The molecule has 3 N–H and O–H groups in total. The molecule has 1 fully saturated rings. The molecule has 1 aliphatic carbocycles. The first-order valence-electron chi connectivity index (χ1n) is 6.79. The van der Waals surface area contributed by atoms with Crippen LogP contribution in [0.1, 0.15) is 33.6 Å². The van der Waals surface area contributed by atoms with E-state index in [0.717, 1.165) is 6.61 Å². The summed E-state index contributed by atoms with van der Waals surface area (Å²) in [5, 5.41) is 15.1.